The maximum Gasteiger partial charge on any atom is 0.407 e. The van der Waals surface area contributed by atoms with Crippen molar-refractivity contribution in [2.24, 2.45) is 52.6 Å². The number of allylic oxidation sites excluding steroid dienone is 3. The Kier molecular flexibility index (Phi) is 18.9. The first kappa shape index (κ1) is 62.9. The van der Waals surface area contributed by atoms with Gasteiger partial charge < -0.3 is 88.7 Å². The number of methoxy groups -OCH3 is 2. The number of esters is 1. The molecule has 0 aromatic carbocycles. The van der Waals surface area contributed by atoms with Gasteiger partial charge in [-0.25, -0.2) is 9.59 Å². The Labute approximate surface area is 482 Å². The van der Waals surface area contributed by atoms with Gasteiger partial charge in [0.25, 0.3) is 0 Å². The fraction of sp³-hybridized carbons (Fsp3) is 0.787. The maximum absolute atomic E-state index is 15.6. The summed E-state index contributed by atoms with van der Waals surface area (Å²) in [6.07, 6.45) is -1.16. The Balaban J connectivity index is 1.00. The fourth-order valence-corrected chi connectivity index (χ4v) is 15.7. The number of ether oxygens (including phenoxy) is 11. The fourth-order valence-electron chi connectivity index (χ4n) is 15.7. The van der Waals surface area contributed by atoms with Gasteiger partial charge in [-0.1, -0.05) is 63.6 Å². The minimum atomic E-state index is -1.75. The first-order valence-corrected chi connectivity index (χ1v) is 29.7. The lowest BCUT2D eigenvalue weighted by molar-refractivity contribution is -0.335. The third kappa shape index (κ3) is 11.8. The third-order valence-electron chi connectivity index (χ3n) is 19.9. The van der Waals surface area contributed by atoms with Gasteiger partial charge >= 0.3 is 12.1 Å². The van der Waals surface area contributed by atoms with Crippen molar-refractivity contribution in [3.63, 3.8) is 0 Å². The first-order chi connectivity index (χ1) is 38.6. The number of rotatable bonds is 11. The predicted molar refractivity (Wildman–Crippen MR) is 295 cm³/mol. The molecule has 460 valence electrons. The number of ketones is 1. The summed E-state index contributed by atoms with van der Waals surface area (Å²) in [4.78, 5) is 42.6. The van der Waals surface area contributed by atoms with Crippen molar-refractivity contribution >= 4 is 17.8 Å². The molecule has 0 unspecified atom stereocenters. The third-order valence-corrected chi connectivity index (χ3v) is 19.9. The van der Waals surface area contributed by atoms with E-state index in [1.54, 1.807) is 26.8 Å². The zero-order chi connectivity index (χ0) is 59.7. The molecule has 5 saturated heterocycles. The molecule has 21 heteroatoms. The minimum absolute atomic E-state index is 0.0320. The van der Waals surface area contributed by atoms with Gasteiger partial charge in [-0.3, -0.25) is 4.79 Å². The van der Waals surface area contributed by atoms with Crippen molar-refractivity contribution in [3.8, 4) is 0 Å². The number of hydrogen-bond donors (Lipinski definition) is 7. The van der Waals surface area contributed by atoms with E-state index < -0.39 is 157 Å². The van der Waals surface area contributed by atoms with Crippen LogP contribution >= 0.6 is 0 Å². The Bertz CT molecular complexity index is 2490. The minimum Gasteiger partial charge on any atom is -0.511 e. The van der Waals surface area contributed by atoms with Gasteiger partial charge in [0, 0.05) is 67.9 Å². The van der Waals surface area contributed by atoms with Gasteiger partial charge in [-0.2, -0.15) is 0 Å². The number of nitrogens with one attached hydrogen (secondary N) is 1. The number of nitrogens with two attached hydrogens (primary N) is 1. The number of Topliss-reactive ketones (excluding diaryl/α,β-unsaturated/α-hetero) is 1. The topological polar surface area (TPSA) is 292 Å². The molecule has 0 radical (unpaired) electrons. The van der Waals surface area contributed by atoms with Crippen LogP contribution in [0.4, 0.5) is 4.79 Å². The highest BCUT2D eigenvalue weighted by Crippen LogP contribution is 2.61. The standard InChI is InChI=1S/C61H92N2O19/c1-27-14-17-42(78-47-25-59(10,62)54(35(9)77-47)63-58(71)73-13)28(2)19-37-20-36(26-64)31(5)24-61(37)56(69)48(57(70)82-61)55(68)60(11)39(27)16-15-38-49(60)29(3)18-30(4)51(38)80-46-23-43(50(67)32(6)74-46)79-44-22-41(66)53(34(8)76-44)81-45-21-40(65)52(72-12)33(7)75-45/h14-16,19-20,29-35,37-47,49-54,64-68H,17-18,21-26,62H2,1-13H3,(H,63,71)/b27-14+,28-19+,55-48+/t29-,30-,31+,32-,33-,34-,35-,37+,38-,39-,40+,41+,42-,43+,44-,45+,46-,47-,49+,50-,51-,52-,53-,54-,59-,60+,61-/m0/s1. The highest BCUT2D eigenvalue weighted by molar-refractivity contribution is 6.26. The van der Waals surface area contributed by atoms with Crippen molar-refractivity contribution in [1.82, 2.24) is 5.32 Å². The van der Waals surface area contributed by atoms with E-state index in [-0.39, 0.29) is 73.7 Å². The molecule has 82 heavy (non-hydrogen) atoms. The molecule has 5 heterocycles. The Morgan fingerprint density at radius 2 is 1.37 bits per heavy atom. The van der Waals surface area contributed by atoms with E-state index in [9.17, 15) is 35.1 Å². The summed E-state index contributed by atoms with van der Waals surface area (Å²) in [6.45, 7) is 20.6. The average molecular weight is 1160 g/mol. The summed E-state index contributed by atoms with van der Waals surface area (Å²) >= 11 is 0. The molecular weight excluding hydrogens is 1060 g/mol. The van der Waals surface area contributed by atoms with Gasteiger partial charge in [0.05, 0.1) is 74.7 Å². The summed E-state index contributed by atoms with van der Waals surface area (Å²) in [5, 5.41) is 60.3. The van der Waals surface area contributed by atoms with Gasteiger partial charge in [0.2, 0.25) is 5.78 Å². The quantitative estimate of drug-likeness (QED) is 0.0789. The van der Waals surface area contributed by atoms with Crippen LogP contribution in [0, 0.1) is 46.8 Å². The van der Waals surface area contributed by atoms with Crippen LogP contribution < -0.4 is 11.1 Å². The van der Waals surface area contributed by atoms with E-state index in [4.69, 9.17) is 57.8 Å². The van der Waals surface area contributed by atoms with Gasteiger partial charge in [-0.05, 0) is 96.1 Å². The summed E-state index contributed by atoms with van der Waals surface area (Å²) < 4.78 is 68.4. The van der Waals surface area contributed by atoms with E-state index in [1.807, 2.05) is 47.6 Å². The molecule has 1 spiro atoms. The van der Waals surface area contributed by atoms with Crippen LogP contribution in [0.5, 0.6) is 0 Å². The van der Waals surface area contributed by atoms with Crippen LogP contribution in [0.3, 0.4) is 0 Å². The summed E-state index contributed by atoms with van der Waals surface area (Å²) in [5.41, 5.74) is 4.75. The SMILES string of the molecule is COC(=O)N[C@H]1[C@H](C)O[C@@H](O[C@H]2C/C=C(\C)[C@@H]3C=C[C@@H]4[C@@H](O[C@H]5C[C@@H](O[C@H]6C[C@@H](O)[C@@H](O[C@@H]7C[C@@H](O)[C@@H](OC)[C@H](C)O7)[C@H](C)O6)[C@@H](O)[C@H](C)O5)[C@@H](C)C[C@H](C)[C@H]4[C@]3(C)/C(O)=C3\C(=O)O[C@]4(C[C@@H](C)C(CO)=C[C@H]4/C=C/2C)C3=O)C[C@]1(C)N. The van der Waals surface area contributed by atoms with Crippen LogP contribution in [0.15, 0.2) is 58.4 Å². The first-order valence-electron chi connectivity index (χ1n) is 29.7. The Morgan fingerprint density at radius 1 is 0.744 bits per heavy atom. The van der Waals surface area contributed by atoms with Crippen molar-refractivity contribution in [2.75, 3.05) is 20.8 Å². The molecule has 9 rings (SSSR count). The molecule has 1 saturated carbocycles. The zero-order valence-electron chi connectivity index (χ0n) is 49.9. The van der Waals surface area contributed by atoms with Gasteiger partial charge in [0.1, 0.15) is 29.6 Å². The number of carbonyl (C=O) groups excluding carboxylic acids is 3. The molecule has 0 aromatic heterocycles. The second kappa shape index (κ2) is 24.6. The van der Waals surface area contributed by atoms with Crippen molar-refractivity contribution in [2.45, 2.75) is 237 Å². The van der Waals surface area contributed by atoms with E-state index in [0.29, 0.717) is 24.0 Å². The normalized spacial score (nSPS) is 50.3. The molecule has 8 N–H and O–H groups in total. The number of aliphatic hydroxyl groups excluding tert-OH is 5. The summed E-state index contributed by atoms with van der Waals surface area (Å²) in [6, 6.07) is -0.595. The lowest BCUT2D eigenvalue weighted by Crippen LogP contribution is -2.66. The molecule has 0 aromatic rings. The molecule has 6 fully saturated rings. The van der Waals surface area contributed by atoms with E-state index in [0.717, 1.165) is 5.57 Å². The van der Waals surface area contributed by atoms with Crippen LogP contribution in [-0.2, 0) is 61.7 Å². The number of fused-ring (bicyclic) bond motifs is 4. The van der Waals surface area contributed by atoms with Crippen LogP contribution in [0.25, 0.3) is 0 Å². The van der Waals surface area contributed by atoms with Crippen LogP contribution in [0.1, 0.15) is 121 Å². The molecular formula is C61H92N2O19. The molecule has 5 aliphatic heterocycles. The molecule has 21 nitrogen and oxygen atoms in total. The van der Waals surface area contributed by atoms with Crippen molar-refractivity contribution < 1.29 is 92.0 Å². The lowest BCUT2D eigenvalue weighted by Gasteiger charge is -2.56. The van der Waals surface area contributed by atoms with Crippen molar-refractivity contribution in [1.29, 1.82) is 0 Å². The zero-order valence-corrected chi connectivity index (χ0v) is 49.9. The van der Waals surface area contributed by atoms with E-state index >= 15 is 4.79 Å². The van der Waals surface area contributed by atoms with Gasteiger partial charge in [0.15, 0.2) is 30.8 Å². The molecule has 1 amide bonds. The average Bonchev–Trinajstić information content (AvgIpc) is 3.56. The maximum atomic E-state index is 15.6. The summed E-state index contributed by atoms with van der Waals surface area (Å²) in [5.74, 6) is -4.54. The van der Waals surface area contributed by atoms with Gasteiger partial charge in [-0.15, -0.1) is 0 Å². The van der Waals surface area contributed by atoms with Crippen molar-refractivity contribution in [3.05, 3.63) is 58.4 Å². The second-order valence-corrected chi connectivity index (χ2v) is 25.8. The monoisotopic (exact) mass is 1160 g/mol. The Morgan fingerprint density at radius 3 is 2.00 bits per heavy atom. The molecule has 2 bridgehead atoms. The van der Waals surface area contributed by atoms with E-state index in [2.05, 4.69) is 37.4 Å². The highest BCUT2D eigenvalue weighted by Gasteiger charge is 2.64. The Hall–Kier alpha value is -3.65. The molecule has 4 aliphatic carbocycles. The highest BCUT2D eigenvalue weighted by atomic mass is 16.7. The molecule has 27 atom stereocenters. The van der Waals surface area contributed by atoms with E-state index in [1.165, 1.54) is 14.2 Å². The number of carbonyl (C=O) groups is 3. The smallest absolute Gasteiger partial charge is 0.407 e. The lowest BCUT2D eigenvalue weighted by atomic mass is 9.49. The van der Waals surface area contributed by atoms with Crippen LogP contribution in [0.2, 0.25) is 0 Å². The van der Waals surface area contributed by atoms with Crippen LogP contribution in [-0.4, -0.2) is 180 Å². The number of amides is 1. The predicted octanol–water partition coefficient (Wildman–Crippen LogP) is 5.25. The molecule has 9 aliphatic rings. The summed E-state index contributed by atoms with van der Waals surface area (Å²) in [7, 11) is 2.79. The largest absolute Gasteiger partial charge is 0.511 e. The number of alkyl carbamates (subject to hydrolysis) is 1. The number of aliphatic hydroxyl groups is 5. The number of hydrogen-bond acceptors (Lipinski definition) is 20. The second-order valence-electron chi connectivity index (χ2n) is 25.8.